The zero-order chi connectivity index (χ0) is 23.2. The van der Waals surface area contributed by atoms with E-state index in [9.17, 15) is 4.79 Å². The summed E-state index contributed by atoms with van der Waals surface area (Å²) in [4.78, 5) is 25.5. The number of amides is 1. The van der Waals surface area contributed by atoms with Crippen molar-refractivity contribution in [2.75, 3.05) is 30.8 Å². The first-order chi connectivity index (χ1) is 16.0. The number of nitrogens with zero attached hydrogens (tertiary/aromatic N) is 5. The Morgan fingerprint density at radius 1 is 1.12 bits per heavy atom. The lowest BCUT2D eigenvalue weighted by Gasteiger charge is -2.28. The lowest BCUT2D eigenvalue weighted by Crippen LogP contribution is -2.30. The monoisotopic (exact) mass is 484 g/mol. The van der Waals surface area contributed by atoms with Gasteiger partial charge in [0.1, 0.15) is 5.82 Å². The summed E-state index contributed by atoms with van der Waals surface area (Å²) in [6.45, 7) is 7.49. The summed E-state index contributed by atoms with van der Waals surface area (Å²) in [6, 6.07) is 8.25. The predicted molar refractivity (Wildman–Crippen MR) is 137 cm³/mol. The van der Waals surface area contributed by atoms with Gasteiger partial charge in [-0.25, -0.2) is 14.6 Å². The number of benzene rings is 1. The van der Waals surface area contributed by atoms with Crippen molar-refractivity contribution < 1.29 is 4.79 Å². The molecule has 1 aliphatic rings. The molecule has 1 fully saturated rings. The number of fused-ring (bicyclic) bond motifs is 1. The molecule has 0 atom stereocenters. The molecule has 1 aliphatic heterocycles. The molecular formula is C24H32N6OS2. The van der Waals surface area contributed by atoms with Crippen LogP contribution in [0.2, 0.25) is 0 Å². The Hall–Kier alpha value is -2.26. The van der Waals surface area contributed by atoms with E-state index in [-0.39, 0.29) is 5.91 Å². The molecule has 1 aromatic carbocycles. The first kappa shape index (κ1) is 23.9. The number of thioether (sulfide) groups is 2. The molecule has 1 amide bonds. The number of nitrogens with one attached hydrogen (secondary N) is 1. The first-order valence-electron chi connectivity index (χ1n) is 11.6. The van der Waals surface area contributed by atoms with Crippen LogP contribution in [-0.2, 0) is 17.8 Å². The van der Waals surface area contributed by atoms with E-state index in [4.69, 9.17) is 9.97 Å². The zero-order valence-corrected chi connectivity index (χ0v) is 21.2. The van der Waals surface area contributed by atoms with E-state index in [1.165, 1.54) is 24.2 Å². The maximum Gasteiger partial charge on any atom is 0.224 e. The Kier molecular flexibility index (Phi) is 8.14. The van der Waals surface area contributed by atoms with Crippen LogP contribution in [-0.4, -0.2) is 56.8 Å². The van der Waals surface area contributed by atoms with Gasteiger partial charge in [0, 0.05) is 29.8 Å². The summed E-state index contributed by atoms with van der Waals surface area (Å²) >= 11 is 3.37. The highest BCUT2D eigenvalue weighted by molar-refractivity contribution is 7.99. The Morgan fingerprint density at radius 3 is 2.58 bits per heavy atom. The van der Waals surface area contributed by atoms with E-state index < -0.39 is 0 Å². The minimum absolute atomic E-state index is 0.0177. The Morgan fingerprint density at radius 2 is 1.88 bits per heavy atom. The second kappa shape index (κ2) is 11.2. The van der Waals surface area contributed by atoms with Crippen LogP contribution in [0.3, 0.4) is 0 Å². The van der Waals surface area contributed by atoms with Crippen LogP contribution in [0.25, 0.3) is 11.0 Å². The number of hydrogen-bond donors (Lipinski definition) is 1. The summed E-state index contributed by atoms with van der Waals surface area (Å²) in [5, 5.41) is 9.88. The lowest BCUT2D eigenvalue weighted by atomic mass is 10.1. The minimum atomic E-state index is 0.0177. The van der Waals surface area contributed by atoms with Gasteiger partial charge in [0.15, 0.2) is 10.8 Å². The molecule has 176 valence electrons. The fourth-order valence-corrected chi connectivity index (χ4v) is 5.22. The summed E-state index contributed by atoms with van der Waals surface area (Å²) in [5.74, 6) is 1.00. The average Bonchev–Trinajstić information content (AvgIpc) is 3.23. The third kappa shape index (κ3) is 6.20. The van der Waals surface area contributed by atoms with Crippen molar-refractivity contribution in [3.8, 4) is 0 Å². The highest BCUT2D eigenvalue weighted by Gasteiger charge is 2.19. The molecule has 0 aliphatic carbocycles. The molecular weight excluding hydrogens is 452 g/mol. The van der Waals surface area contributed by atoms with Crippen molar-refractivity contribution >= 4 is 46.3 Å². The van der Waals surface area contributed by atoms with Gasteiger partial charge in [0.2, 0.25) is 5.91 Å². The van der Waals surface area contributed by atoms with E-state index in [0.29, 0.717) is 24.8 Å². The van der Waals surface area contributed by atoms with Gasteiger partial charge in [0.05, 0.1) is 24.5 Å². The maximum atomic E-state index is 12.4. The Balaban J connectivity index is 1.37. The standard InChI is InChI=1S/C24H32N6OS2/c1-17(2)33-19-9-7-18(8-10-19)15-21(31)25-11-14-30-23-20(16-26-30)22(27-24(28-23)32-3)29-12-5-4-6-13-29/h7-10,16-17H,4-6,11-15H2,1-3H3,(H,25,31). The largest absolute Gasteiger partial charge is 0.356 e. The van der Waals surface area contributed by atoms with Crippen molar-refractivity contribution in [2.24, 2.45) is 0 Å². The fraction of sp³-hybridized carbons (Fsp3) is 0.500. The molecule has 7 nitrogen and oxygen atoms in total. The topological polar surface area (TPSA) is 75.9 Å². The number of carbonyl (C=O) groups is 1. The van der Waals surface area contributed by atoms with Crippen LogP contribution in [0.5, 0.6) is 0 Å². The third-order valence-electron chi connectivity index (χ3n) is 5.60. The SMILES string of the molecule is CSc1nc(N2CCCCC2)c2cnn(CCNC(=O)Cc3ccc(SC(C)C)cc3)c2n1. The summed E-state index contributed by atoms with van der Waals surface area (Å²) in [7, 11) is 0. The zero-order valence-electron chi connectivity index (χ0n) is 19.6. The number of carbonyl (C=O) groups excluding carboxylic acids is 1. The van der Waals surface area contributed by atoms with E-state index >= 15 is 0 Å². The van der Waals surface area contributed by atoms with E-state index in [2.05, 4.69) is 41.3 Å². The van der Waals surface area contributed by atoms with Crippen molar-refractivity contribution in [3.63, 3.8) is 0 Å². The number of aromatic nitrogens is 4. The predicted octanol–water partition coefficient (Wildman–Crippen LogP) is 4.40. The molecule has 33 heavy (non-hydrogen) atoms. The Bertz CT molecular complexity index is 1080. The molecule has 3 aromatic rings. The first-order valence-corrected chi connectivity index (χ1v) is 13.7. The molecule has 1 N–H and O–H groups in total. The molecule has 0 spiro atoms. The van der Waals surface area contributed by atoms with E-state index in [1.807, 2.05) is 41.0 Å². The molecule has 0 bridgehead atoms. The normalized spacial score (nSPS) is 14.2. The molecule has 1 saturated heterocycles. The summed E-state index contributed by atoms with van der Waals surface area (Å²) < 4.78 is 1.88. The minimum Gasteiger partial charge on any atom is -0.356 e. The molecule has 3 heterocycles. The van der Waals surface area contributed by atoms with Gasteiger partial charge in [-0.15, -0.1) is 11.8 Å². The van der Waals surface area contributed by atoms with Crippen LogP contribution in [0.4, 0.5) is 5.82 Å². The molecule has 4 rings (SSSR count). The second-order valence-corrected chi connectivity index (χ2v) is 10.9. The van der Waals surface area contributed by atoms with Gasteiger partial charge in [-0.2, -0.15) is 5.10 Å². The van der Waals surface area contributed by atoms with Crippen LogP contribution < -0.4 is 10.2 Å². The van der Waals surface area contributed by atoms with Crippen molar-refractivity contribution in [1.29, 1.82) is 0 Å². The third-order valence-corrected chi connectivity index (χ3v) is 7.16. The summed E-state index contributed by atoms with van der Waals surface area (Å²) in [5.41, 5.74) is 1.86. The van der Waals surface area contributed by atoms with Crippen LogP contribution >= 0.6 is 23.5 Å². The molecule has 2 aromatic heterocycles. The molecule has 0 radical (unpaired) electrons. The number of piperidine rings is 1. The fourth-order valence-electron chi connectivity index (χ4n) is 4.03. The molecule has 0 saturated carbocycles. The van der Waals surface area contributed by atoms with E-state index in [1.54, 1.807) is 11.8 Å². The van der Waals surface area contributed by atoms with Gasteiger partial charge in [-0.05, 0) is 43.2 Å². The highest BCUT2D eigenvalue weighted by Crippen LogP contribution is 2.28. The molecule has 0 unspecified atom stereocenters. The molecule has 9 heteroatoms. The van der Waals surface area contributed by atoms with Gasteiger partial charge >= 0.3 is 0 Å². The van der Waals surface area contributed by atoms with Gasteiger partial charge in [-0.1, -0.05) is 37.7 Å². The van der Waals surface area contributed by atoms with E-state index in [0.717, 1.165) is 40.7 Å². The number of hydrogen-bond acceptors (Lipinski definition) is 7. The quantitative estimate of drug-likeness (QED) is 0.356. The van der Waals surface area contributed by atoms with Crippen LogP contribution in [0, 0.1) is 0 Å². The smallest absolute Gasteiger partial charge is 0.224 e. The van der Waals surface area contributed by atoms with Crippen molar-refractivity contribution in [2.45, 2.75) is 61.4 Å². The van der Waals surface area contributed by atoms with Crippen molar-refractivity contribution in [1.82, 2.24) is 25.1 Å². The second-order valence-electron chi connectivity index (χ2n) is 8.52. The Labute approximate surface area is 204 Å². The van der Waals surface area contributed by atoms with Gasteiger partial charge in [0.25, 0.3) is 0 Å². The summed E-state index contributed by atoms with van der Waals surface area (Å²) in [6.07, 6.45) is 7.90. The highest BCUT2D eigenvalue weighted by atomic mass is 32.2. The maximum absolute atomic E-state index is 12.4. The average molecular weight is 485 g/mol. The lowest BCUT2D eigenvalue weighted by molar-refractivity contribution is -0.120. The number of rotatable bonds is 9. The van der Waals surface area contributed by atoms with Gasteiger partial charge in [-0.3, -0.25) is 4.79 Å². The van der Waals surface area contributed by atoms with Crippen molar-refractivity contribution in [3.05, 3.63) is 36.0 Å². The van der Waals surface area contributed by atoms with Crippen LogP contribution in [0.1, 0.15) is 38.7 Å². The van der Waals surface area contributed by atoms with Crippen LogP contribution in [0.15, 0.2) is 40.5 Å². The van der Waals surface area contributed by atoms with Gasteiger partial charge < -0.3 is 10.2 Å². The number of anilines is 1.